The summed E-state index contributed by atoms with van der Waals surface area (Å²) in [4.78, 5) is 0. The Balaban J connectivity index is 1.87. The van der Waals surface area contributed by atoms with Crippen molar-refractivity contribution in [3.63, 3.8) is 0 Å². The molecular weight excluding hydrogens is 248 g/mol. The Morgan fingerprint density at radius 1 is 0.800 bits per heavy atom. The summed E-state index contributed by atoms with van der Waals surface area (Å²) in [7, 11) is 0. The summed E-state index contributed by atoms with van der Waals surface area (Å²) in [6, 6.07) is 21.0. The first-order chi connectivity index (χ1) is 9.86. The standard InChI is InChI=1S/C17H18N2O/c20-19-15-11-16(13-7-3-1-4-8-13)18-17(12-15)14-9-5-2-6-10-14/h1-10,16-18,20H,11-12H2/t16-,17-/m0/s1. The molecule has 3 heteroatoms. The fourth-order valence-corrected chi connectivity index (χ4v) is 2.80. The Morgan fingerprint density at radius 2 is 1.25 bits per heavy atom. The quantitative estimate of drug-likeness (QED) is 0.643. The average Bonchev–Trinajstić information content (AvgIpc) is 2.56. The molecule has 1 saturated heterocycles. The van der Waals surface area contributed by atoms with E-state index < -0.39 is 0 Å². The highest BCUT2D eigenvalue weighted by atomic mass is 16.4. The van der Waals surface area contributed by atoms with Gasteiger partial charge in [0.15, 0.2) is 0 Å². The average molecular weight is 266 g/mol. The van der Waals surface area contributed by atoms with Gasteiger partial charge in [-0.1, -0.05) is 65.8 Å². The Hall–Kier alpha value is -2.13. The largest absolute Gasteiger partial charge is 0.411 e. The minimum absolute atomic E-state index is 0.195. The monoisotopic (exact) mass is 266 g/mol. The Labute approximate surface area is 119 Å². The van der Waals surface area contributed by atoms with Crippen LogP contribution in [0.1, 0.15) is 36.1 Å². The van der Waals surface area contributed by atoms with Crippen molar-refractivity contribution in [1.29, 1.82) is 0 Å². The van der Waals surface area contributed by atoms with Crippen LogP contribution in [0.25, 0.3) is 0 Å². The predicted octanol–water partition coefficient (Wildman–Crippen LogP) is 3.68. The molecule has 0 spiro atoms. The van der Waals surface area contributed by atoms with Crippen LogP contribution in [0.15, 0.2) is 65.8 Å². The van der Waals surface area contributed by atoms with Gasteiger partial charge in [-0.15, -0.1) is 0 Å². The normalized spacial score (nSPS) is 22.5. The molecule has 0 aromatic heterocycles. The molecule has 102 valence electrons. The molecule has 0 aliphatic carbocycles. The van der Waals surface area contributed by atoms with Crippen LogP contribution in [0.4, 0.5) is 0 Å². The highest BCUT2D eigenvalue weighted by molar-refractivity contribution is 5.86. The number of nitrogens with one attached hydrogen (secondary N) is 1. The van der Waals surface area contributed by atoms with Gasteiger partial charge >= 0.3 is 0 Å². The smallest absolute Gasteiger partial charge is 0.0608 e. The maximum atomic E-state index is 9.18. The molecular formula is C17H18N2O. The summed E-state index contributed by atoms with van der Waals surface area (Å²) in [6.07, 6.45) is 1.51. The van der Waals surface area contributed by atoms with Crippen molar-refractivity contribution in [1.82, 2.24) is 5.32 Å². The zero-order valence-corrected chi connectivity index (χ0v) is 11.2. The van der Waals surface area contributed by atoms with E-state index in [1.807, 2.05) is 36.4 Å². The van der Waals surface area contributed by atoms with E-state index in [1.165, 1.54) is 11.1 Å². The van der Waals surface area contributed by atoms with Gasteiger partial charge in [-0.05, 0) is 11.1 Å². The second-order valence-electron chi connectivity index (χ2n) is 5.17. The number of rotatable bonds is 2. The summed E-state index contributed by atoms with van der Waals surface area (Å²) in [5.74, 6) is 0. The molecule has 0 unspecified atom stereocenters. The highest BCUT2D eigenvalue weighted by Crippen LogP contribution is 2.31. The van der Waals surface area contributed by atoms with Gasteiger partial charge in [0.2, 0.25) is 0 Å². The van der Waals surface area contributed by atoms with Gasteiger partial charge in [0.05, 0.1) is 5.71 Å². The van der Waals surface area contributed by atoms with Crippen molar-refractivity contribution < 1.29 is 5.21 Å². The van der Waals surface area contributed by atoms with Crippen molar-refractivity contribution in [3.8, 4) is 0 Å². The second kappa shape index (κ2) is 5.88. The van der Waals surface area contributed by atoms with Crippen LogP contribution in [-0.2, 0) is 0 Å². The lowest BCUT2D eigenvalue weighted by Gasteiger charge is -2.32. The van der Waals surface area contributed by atoms with E-state index in [9.17, 15) is 5.21 Å². The van der Waals surface area contributed by atoms with E-state index in [2.05, 4.69) is 34.7 Å². The van der Waals surface area contributed by atoms with E-state index in [0.717, 1.165) is 18.6 Å². The van der Waals surface area contributed by atoms with Gasteiger partial charge in [0.1, 0.15) is 0 Å². The fourth-order valence-electron chi connectivity index (χ4n) is 2.80. The molecule has 3 rings (SSSR count). The first kappa shape index (κ1) is 12.9. The number of benzene rings is 2. The number of piperidine rings is 1. The van der Waals surface area contributed by atoms with E-state index >= 15 is 0 Å². The van der Waals surface area contributed by atoms with Gasteiger partial charge in [-0.25, -0.2) is 0 Å². The van der Waals surface area contributed by atoms with Crippen molar-refractivity contribution in [3.05, 3.63) is 71.8 Å². The maximum Gasteiger partial charge on any atom is 0.0608 e. The van der Waals surface area contributed by atoms with Gasteiger partial charge in [0.25, 0.3) is 0 Å². The third-order valence-electron chi connectivity index (χ3n) is 3.83. The van der Waals surface area contributed by atoms with Crippen LogP contribution in [0, 0.1) is 0 Å². The molecule has 2 atom stereocenters. The summed E-state index contributed by atoms with van der Waals surface area (Å²) >= 11 is 0. The molecule has 1 aliphatic rings. The highest BCUT2D eigenvalue weighted by Gasteiger charge is 2.27. The lowest BCUT2D eigenvalue weighted by Crippen LogP contribution is -2.35. The molecule has 0 radical (unpaired) electrons. The van der Waals surface area contributed by atoms with Gasteiger partial charge in [0, 0.05) is 24.9 Å². The van der Waals surface area contributed by atoms with Crippen LogP contribution in [-0.4, -0.2) is 10.9 Å². The predicted molar refractivity (Wildman–Crippen MR) is 80.0 cm³/mol. The number of oxime groups is 1. The first-order valence-electron chi connectivity index (χ1n) is 6.92. The number of hydrogen-bond donors (Lipinski definition) is 2. The third-order valence-corrected chi connectivity index (χ3v) is 3.83. The van der Waals surface area contributed by atoms with Gasteiger partial charge < -0.3 is 10.5 Å². The zero-order valence-electron chi connectivity index (χ0n) is 11.2. The molecule has 3 nitrogen and oxygen atoms in total. The van der Waals surface area contributed by atoms with Crippen LogP contribution in [0.2, 0.25) is 0 Å². The van der Waals surface area contributed by atoms with Crippen molar-refractivity contribution >= 4 is 5.71 Å². The maximum absolute atomic E-state index is 9.18. The molecule has 1 fully saturated rings. The molecule has 2 aromatic rings. The van der Waals surface area contributed by atoms with E-state index in [4.69, 9.17) is 0 Å². The van der Waals surface area contributed by atoms with Crippen LogP contribution in [0.3, 0.4) is 0 Å². The van der Waals surface area contributed by atoms with E-state index in [0.29, 0.717) is 0 Å². The first-order valence-corrected chi connectivity index (χ1v) is 6.92. The lowest BCUT2D eigenvalue weighted by molar-refractivity contribution is 0.307. The molecule has 0 bridgehead atoms. The molecule has 20 heavy (non-hydrogen) atoms. The van der Waals surface area contributed by atoms with Crippen LogP contribution >= 0.6 is 0 Å². The van der Waals surface area contributed by atoms with Crippen molar-refractivity contribution in [2.75, 3.05) is 0 Å². The molecule has 0 saturated carbocycles. The van der Waals surface area contributed by atoms with E-state index in [1.54, 1.807) is 0 Å². The minimum Gasteiger partial charge on any atom is -0.411 e. The number of hydrogen-bond acceptors (Lipinski definition) is 3. The zero-order chi connectivity index (χ0) is 13.8. The van der Waals surface area contributed by atoms with Crippen LogP contribution in [0.5, 0.6) is 0 Å². The summed E-state index contributed by atoms with van der Waals surface area (Å²) in [5.41, 5.74) is 3.31. The van der Waals surface area contributed by atoms with Crippen molar-refractivity contribution in [2.24, 2.45) is 5.16 Å². The summed E-state index contributed by atoms with van der Waals surface area (Å²) in [5, 5.41) is 16.3. The van der Waals surface area contributed by atoms with Crippen LogP contribution < -0.4 is 5.32 Å². The molecule has 1 heterocycles. The molecule has 2 N–H and O–H groups in total. The SMILES string of the molecule is ON=C1C[C@@H](c2ccccc2)N[C@H](c2ccccc2)C1. The van der Waals surface area contributed by atoms with Gasteiger partial charge in [-0.3, -0.25) is 0 Å². The third kappa shape index (κ3) is 2.73. The molecule has 0 amide bonds. The Morgan fingerprint density at radius 3 is 1.65 bits per heavy atom. The van der Waals surface area contributed by atoms with Gasteiger partial charge in [-0.2, -0.15) is 0 Å². The Bertz CT molecular complexity index is 531. The molecule has 1 aliphatic heterocycles. The second-order valence-corrected chi connectivity index (χ2v) is 5.17. The van der Waals surface area contributed by atoms with E-state index in [-0.39, 0.29) is 12.1 Å². The summed E-state index contributed by atoms with van der Waals surface area (Å²) in [6.45, 7) is 0. The Kier molecular flexibility index (Phi) is 3.79. The topological polar surface area (TPSA) is 44.6 Å². The minimum atomic E-state index is 0.195. The van der Waals surface area contributed by atoms with Crippen molar-refractivity contribution in [2.45, 2.75) is 24.9 Å². The lowest BCUT2D eigenvalue weighted by atomic mass is 9.89. The molecule has 2 aromatic carbocycles. The fraction of sp³-hybridized carbons (Fsp3) is 0.235. The number of nitrogens with zero attached hydrogens (tertiary/aromatic N) is 1. The summed E-state index contributed by atoms with van der Waals surface area (Å²) < 4.78 is 0.